The van der Waals surface area contributed by atoms with Crippen molar-refractivity contribution in [2.45, 2.75) is 44.6 Å². The molecule has 118 valence electrons. The number of furan rings is 1. The highest BCUT2D eigenvalue weighted by Crippen LogP contribution is 2.34. The Kier molecular flexibility index (Phi) is 4.46. The van der Waals surface area contributed by atoms with Crippen LogP contribution in [-0.4, -0.2) is 17.1 Å². The topological polar surface area (TPSA) is 86.2 Å². The Morgan fingerprint density at radius 3 is 2.82 bits per heavy atom. The summed E-state index contributed by atoms with van der Waals surface area (Å²) in [4.78, 5) is 9.13. The van der Waals surface area contributed by atoms with Crippen LogP contribution in [0.5, 0.6) is 5.88 Å². The minimum absolute atomic E-state index is 0.396. The molecule has 0 aliphatic heterocycles. The van der Waals surface area contributed by atoms with E-state index < -0.39 is 0 Å². The first kappa shape index (κ1) is 14.7. The number of nitrogens with zero attached hydrogens (tertiary/aromatic N) is 2. The van der Waals surface area contributed by atoms with E-state index in [1.807, 2.05) is 12.1 Å². The van der Waals surface area contributed by atoms with E-state index in [1.54, 1.807) is 13.4 Å². The molecule has 22 heavy (non-hydrogen) atoms. The van der Waals surface area contributed by atoms with E-state index in [9.17, 15) is 0 Å². The predicted octanol–water partition coefficient (Wildman–Crippen LogP) is 3.32. The van der Waals surface area contributed by atoms with Crippen LogP contribution in [0.25, 0.3) is 0 Å². The Hall–Kier alpha value is -2.24. The van der Waals surface area contributed by atoms with Crippen LogP contribution in [0.4, 0.5) is 11.5 Å². The van der Waals surface area contributed by atoms with Gasteiger partial charge >= 0.3 is 0 Å². The lowest BCUT2D eigenvalue weighted by Gasteiger charge is -2.21. The van der Waals surface area contributed by atoms with E-state index >= 15 is 0 Å². The van der Waals surface area contributed by atoms with E-state index in [0.29, 0.717) is 29.8 Å². The molecule has 0 atom stereocenters. The van der Waals surface area contributed by atoms with Crippen molar-refractivity contribution in [3.8, 4) is 5.88 Å². The van der Waals surface area contributed by atoms with Crippen molar-refractivity contribution in [2.75, 3.05) is 18.2 Å². The van der Waals surface area contributed by atoms with E-state index in [-0.39, 0.29) is 0 Å². The Morgan fingerprint density at radius 1 is 1.32 bits per heavy atom. The van der Waals surface area contributed by atoms with Gasteiger partial charge in [-0.3, -0.25) is 0 Å². The summed E-state index contributed by atoms with van der Waals surface area (Å²) in [6.45, 7) is 0.529. The molecule has 0 unspecified atom stereocenters. The molecule has 3 rings (SSSR count). The lowest BCUT2D eigenvalue weighted by atomic mass is 9.88. The summed E-state index contributed by atoms with van der Waals surface area (Å²) in [6, 6.07) is 3.76. The summed E-state index contributed by atoms with van der Waals surface area (Å²) in [6.07, 6.45) is 7.67. The fourth-order valence-electron chi connectivity index (χ4n) is 2.88. The number of nitrogens with one attached hydrogen (secondary N) is 1. The number of hydrogen-bond donors (Lipinski definition) is 2. The molecule has 0 spiro atoms. The normalized spacial score (nSPS) is 15.7. The summed E-state index contributed by atoms with van der Waals surface area (Å²) in [5.74, 6) is 3.11. The standard InChI is InChI=1S/C16H22N4O2/c1-21-16-13(17)15(18-10-12-8-5-9-22-12)19-14(20-16)11-6-3-2-4-7-11/h5,8-9,11H,2-4,6-7,10,17H2,1H3,(H,18,19,20). The first-order chi connectivity index (χ1) is 10.8. The van der Waals surface area contributed by atoms with Gasteiger partial charge in [0, 0.05) is 5.92 Å². The molecule has 0 amide bonds. The minimum atomic E-state index is 0.396. The molecule has 1 aliphatic rings. The van der Waals surface area contributed by atoms with Gasteiger partial charge in [0.1, 0.15) is 17.3 Å². The molecule has 1 aliphatic carbocycles. The fraction of sp³-hybridized carbons (Fsp3) is 0.500. The van der Waals surface area contributed by atoms with Crippen LogP contribution >= 0.6 is 0 Å². The number of nitrogens with two attached hydrogens (primary N) is 1. The van der Waals surface area contributed by atoms with E-state index in [0.717, 1.165) is 24.4 Å². The first-order valence-electron chi connectivity index (χ1n) is 7.75. The molecule has 1 fully saturated rings. The number of anilines is 2. The molecule has 3 N–H and O–H groups in total. The Balaban J connectivity index is 1.83. The van der Waals surface area contributed by atoms with Crippen LogP contribution in [0.15, 0.2) is 22.8 Å². The van der Waals surface area contributed by atoms with Crippen molar-refractivity contribution in [3.05, 3.63) is 30.0 Å². The third-order valence-electron chi connectivity index (χ3n) is 4.10. The summed E-state index contributed by atoms with van der Waals surface area (Å²) < 4.78 is 10.6. The molecule has 1 saturated carbocycles. The van der Waals surface area contributed by atoms with E-state index in [1.165, 1.54) is 19.3 Å². The molecule has 6 heteroatoms. The van der Waals surface area contributed by atoms with Crippen molar-refractivity contribution in [2.24, 2.45) is 0 Å². The predicted molar refractivity (Wildman–Crippen MR) is 84.9 cm³/mol. The molecule has 2 aromatic rings. The molecule has 0 saturated heterocycles. The summed E-state index contributed by atoms with van der Waals surface area (Å²) >= 11 is 0. The zero-order valence-electron chi connectivity index (χ0n) is 12.8. The average Bonchev–Trinajstić information content (AvgIpc) is 3.08. The number of aromatic nitrogens is 2. The van der Waals surface area contributed by atoms with Gasteiger partial charge in [-0.2, -0.15) is 4.98 Å². The Bertz CT molecular complexity index is 607. The Labute approximate surface area is 130 Å². The molecule has 0 bridgehead atoms. The molecule has 2 heterocycles. The van der Waals surface area contributed by atoms with Crippen LogP contribution in [0.2, 0.25) is 0 Å². The third-order valence-corrected chi connectivity index (χ3v) is 4.10. The number of hydrogen-bond acceptors (Lipinski definition) is 6. The smallest absolute Gasteiger partial charge is 0.242 e. The zero-order valence-corrected chi connectivity index (χ0v) is 12.8. The maximum Gasteiger partial charge on any atom is 0.242 e. The van der Waals surface area contributed by atoms with Gasteiger partial charge in [-0.25, -0.2) is 4.98 Å². The molecule has 0 radical (unpaired) electrons. The lowest BCUT2D eigenvalue weighted by Crippen LogP contribution is -2.14. The highest BCUT2D eigenvalue weighted by molar-refractivity contribution is 5.67. The second-order valence-electron chi connectivity index (χ2n) is 5.62. The van der Waals surface area contributed by atoms with Gasteiger partial charge in [0.05, 0.1) is 19.9 Å². The maximum atomic E-state index is 6.09. The van der Waals surface area contributed by atoms with Crippen LogP contribution in [0.3, 0.4) is 0 Å². The fourth-order valence-corrected chi connectivity index (χ4v) is 2.88. The second kappa shape index (κ2) is 6.68. The highest BCUT2D eigenvalue weighted by Gasteiger charge is 2.21. The lowest BCUT2D eigenvalue weighted by molar-refractivity contribution is 0.385. The van der Waals surface area contributed by atoms with Crippen molar-refractivity contribution in [3.63, 3.8) is 0 Å². The van der Waals surface area contributed by atoms with Gasteiger partial charge < -0.3 is 20.2 Å². The van der Waals surface area contributed by atoms with Crippen LogP contribution < -0.4 is 15.8 Å². The first-order valence-corrected chi connectivity index (χ1v) is 7.75. The van der Waals surface area contributed by atoms with Gasteiger partial charge in [0.2, 0.25) is 5.88 Å². The van der Waals surface area contributed by atoms with Crippen LogP contribution in [0.1, 0.15) is 49.6 Å². The highest BCUT2D eigenvalue weighted by atomic mass is 16.5. The summed E-state index contributed by atoms with van der Waals surface area (Å²) in [5, 5.41) is 3.22. The number of nitrogen functional groups attached to an aromatic ring is 1. The van der Waals surface area contributed by atoms with Gasteiger partial charge in [-0.05, 0) is 25.0 Å². The molecule has 0 aromatic carbocycles. The second-order valence-corrected chi connectivity index (χ2v) is 5.62. The summed E-state index contributed by atoms with van der Waals surface area (Å²) in [7, 11) is 1.58. The molecule has 6 nitrogen and oxygen atoms in total. The Morgan fingerprint density at radius 2 is 2.14 bits per heavy atom. The summed E-state index contributed by atoms with van der Waals surface area (Å²) in [5.41, 5.74) is 6.53. The van der Waals surface area contributed by atoms with E-state index in [4.69, 9.17) is 14.9 Å². The monoisotopic (exact) mass is 302 g/mol. The molecular formula is C16H22N4O2. The largest absolute Gasteiger partial charge is 0.479 e. The van der Waals surface area contributed by atoms with Crippen molar-refractivity contribution >= 4 is 11.5 Å². The number of rotatable bonds is 5. The van der Waals surface area contributed by atoms with Crippen LogP contribution in [0, 0.1) is 0 Å². The molecular weight excluding hydrogens is 280 g/mol. The number of ether oxygens (including phenoxy) is 1. The molecule has 2 aromatic heterocycles. The van der Waals surface area contributed by atoms with Gasteiger partial charge in [0.25, 0.3) is 0 Å². The van der Waals surface area contributed by atoms with Gasteiger partial charge in [-0.15, -0.1) is 0 Å². The maximum absolute atomic E-state index is 6.09. The third kappa shape index (κ3) is 3.16. The van der Waals surface area contributed by atoms with Crippen molar-refractivity contribution in [1.29, 1.82) is 0 Å². The van der Waals surface area contributed by atoms with Gasteiger partial charge in [-0.1, -0.05) is 19.3 Å². The minimum Gasteiger partial charge on any atom is -0.479 e. The zero-order chi connectivity index (χ0) is 15.4. The quantitative estimate of drug-likeness (QED) is 0.881. The van der Waals surface area contributed by atoms with E-state index in [2.05, 4.69) is 15.3 Å². The SMILES string of the molecule is COc1nc(C2CCCCC2)nc(NCc2ccco2)c1N. The van der Waals surface area contributed by atoms with Crippen LogP contribution in [-0.2, 0) is 6.54 Å². The van der Waals surface area contributed by atoms with Gasteiger partial charge in [0.15, 0.2) is 5.82 Å². The van der Waals surface area contributed by atoms with Crippen molar-refractivity contribution in [1.82, 2.24) is 9.97 Å². The number of methoxy groups -OCH3 is 1. The van der Waals surface area contributed by atoms with Crippen molar-refractivity contribution < 1.29 is 9.15 Å². The average molecular weight is 302 g/mol.